The topological polar surface area (TPSA) is 80.4 Å². The zero-order valence-electron chi connectivity index (χ0n) is 13.4. The summed E-state index contributed by atoms with van der Waals surface area (Å²) in [6.45, 7) is 4.18. The third-order valence-electron chi connectivity index (χ3n) is 3.92. The van der Waals surface area contributed by atoms with Gasteiger partial charge >= 0.3 is 5.97 Å². The number of aromatic carboxylic acids is 1. The van der Waals surface area contributed by atoms with Gasteiger partial charge in [0.1, 0.15) is 5.56 Å². The summed E-state index contributed by atoms with van der Waals surface area (Å²) >= 11 is 6.93. The fourth-order valence-corrected chi connectivity index (χ4v) is 7.98. The van der Waals surface area contributed by atoms with Gasteiger partial charge in [-0.15, -0.1) is 0 Å². The normalized spacial score (nSPS) is 10.8. The first-order valence-corrected chi connectivity index (χ1v) is 10.7. The molecule has 0 aliphatic rings. The molecule has 8 heteroatoms. The molecular formula is C17H14I3NO4. The van der Waals surface area contributed by atoms with Crippen molar-refractivity contribution in [2.45, 2.75) is 26.7 Å². The van der Waals surface area contributed by atoms with Crippen molar-refractivity contribution >= 4 is 79.4 Å². The van der Waals surface area contributed by atoms with Gasteiger partial charge in [0.15, 0.2) is 0 Å². The molecule has 0 saturated heterocycles. The highest BCUT2D eigenvalue weighted by molar-refractivity contribution is 14.1. The molecule has 0 aromatic heterocycles. The average molecular weight is 677 g/mol. The van der Waals surface area contributed by atoms with Crippen LogP contribution < -0.4 is 0 Å². The number of nitro groups is 1. The molecule has 0 bridgehead atoms. The van der Waals surface area contributed by atoms with Gasteiger partial charge in [-0.1, -0.05) is 19.9 Å². The molecule has 0 aliphatic heterocycles. The number of carboxylic acids is 1. The molecule has 2 aromatic rings. The van der Waals surface area contributed by atoms with Crippen molar-refractivity contribution in [1.29, 1.82) is 0 Å². The highest BCUT2D eigenvalue weighted by Gasteiger charge is 2.24. The van der Waals surface area contributed by atoms with Crippen molar-refractivity contribution in [1.82, 2.24) is 0 Å². The van der Waals surface area contributed by atoms with Gasteiger partial charge in [0, 0.05) is 22.3 Å². The van der Waals surface area contributed by atoms with Gasteiger partial charge in [0.2, 0.25) is 0 Å². The minimum absolute atomic E-state index is 0.296. The summed E-state index contributed by atoms with van der Waals surface area (Å²) in [7, 11) is 0. The number of halogens is 3. The SMILES string of the molecule is CCc1c(I)c(CC)c(I)c(-c2ccc(C(=O)O)c([N+](=O)[O-])c2)c1I. The van der Waals surface area contributed by atoms with Gasteiger partial charge in [-0.2, -0.15) is 0 Å². The number of hydrogen-bond acceptors (Lipinski definition) is 3. The first-order chi connectivity index (χ1) is 11.7. The number of nitro benzene ring substituents is 1. The van der Waals surface area contributed by atoms with E-state index < -0.39 is 10.9 Å². The second-order valence-corrected chi connectivity index (χ2v) is 8.51. The lowest BCUT2D eigenvalue weighted by atomic mass is 9.96. The summed E-state index contributed by atoms with van der Waals surface area (Å²) in [6, 6.07) is 4.34. The molecular weight excluding hydrogens is 663 g/mol. The number of rotatable bonds is 5. The summed E-state index contributed by atoms with van der Waals surface area (Å²) in [5, 5.41) is 20.5. The van der Waals surface area contributed by atoms with Crippen LogP contribution in [0.15, 0.2) is 18.2 Å². The number of hydrogen-bond donors (Lipinski definition) is 1. The molecule has 0 unspecified atom stereocenters. The lowest BCUT2D eigenvalue weighted by molar-refractivity contribution is -0.385. The van der Waals surface area contributed by atoms with Gasteiger partial charge in [0.25, 0.3) is 5.69 Å². The highest BCUT2D eigenvalue weighted by Crippen LogP contribution is 2.40. The second kappa shape index (κ2) is 8.46. The van der Waals surface area contributed by atoms with Crippen LogP contribution in [0.5, 0.6) is 0 Å². The molecule has 25 heavy (non-hydrogen) atoms. The smallest absolute Gasteiger partial charge is 0.342 e. The highest BCUT2D eigenvalue weighted by atomic mass is 127. The van der Waals surface area contributed by atoms with Crippen molar-refractivity contribution < 1.29 is 14.8 Å². The van der Waals surface area contributed by atoms with E-state index in [1.54, 1.807) is 6.07 Å². The summed E-state index contributed by atoms with van der Waals surface area (Å²) < 4.78 is 3.35. The zero-order chi connectivity index (χ0) is 18.9. The van der Waals surface area contributed by atoms with Crippen LogP contribution in [0, 0.1) is 20.8 Å². The Bertz CT molecular complexity index is 850. The van der Waals surface area contributed by atoms with E-state index in [2.05, 4.69) is 81.6 Å². The lowest BCUT2D eigenvalue weighted by Crippen LogP contribution is -2.06. The summed E-state index contributed by atoms with van der Waals surface area (Å²) in [6.07, 6.45) is 1.73. The minimum atomic E-state index is -1.30. The van der Waals surface area contributed by atoms with E-state index in [-0.39, 0.29) is 11.3 Å². The van der Waals surface area contributed by atoms with Crippen LogP contribution in [0.25, 0.3) is 11.1 Å². The Balaban J connectivity index is 2.85. The fraction of sp³-hybridized carbons (Fsp3) is 0.235. The van der Waals surface area contributed by atoms with E-state index in [0.29, 0.717) is 5.56 Å². The molecule has 0 amide bonds. The van der Waals surface area contributed by atoms with E-state index in [9.17, 15) is 20.0 Å². The van der Waals surface area contributed by atoms with Crippen LogP contribution in [0.3, 0.4) is 0 Å². The van der Waals surface area contributed by atoms with Crippen molar-refractivity contribution in [2.24, 2.45) is 0 Å². The number of nitrogens with zero attached hydrogens (tertiary/aromatic N) is 1. The van der Waals surface area contributed by atoms with E-state index in [4.69, 9.17) is 0 Å². The first kappa shape index (κ1) is 20.8. The predicted octanol–water partition coefficient (Wildman–Crippen LogP) is 5.90. The van der Waals surface area contributed by atoms with Gasteiger partial charge in [-0.3, -0.25) is 10.1 Å². The molecule has 132 valence electrons. The molecule has 2 aromatic carbocycles. The quantitative estimate of drug-likeness (QED) is 0.243. The third kappa shape index (κ3) is 3.94. The summed E-state index contributed by atoms with van der Waals surface area (Å²) in [4.78, 5) is 21.9. The van der Waals surface area contributed by atoms with Crippen molar-refractivity contribution in [2.75, 3.05) is 0 Å². The Labute approximate surface area is 186 Å². The van der Waals surface area contributed by atoms with Crippen LogP contribution >= 0.6 is 67.8 Å². The molecule has 0 saturated carbocycles. The van der Waals surface area contributed by atoms with Crippen molar-refractivity contribution in [3.8, 4) is 11.1 Å². The third-order valence-corrected chi connectivity index (χ3v) is 7.60. The molecule has 0 fully saturated rings. The van der Waals surface area contributed by atoms with Gasteiger partial charge in [-0.25, -0.2) is 4.79 Å². The summed E-state index contributed by atoms with van der Waals surface area (Å²) in [5.41, 5.74) is 3.38. The van der Waals surface area contributed by atoms with E-state index in [1.807, 2.05) is 0 Å². The number of carbonyl (C=O) groups is 1. The maximum Gasteiger partial charge on any atom is 0.342 e. The molecule has 2 rings (SSSR count). The van der Waals surface area contributed by atoms with Gasteiger partial charge in [0.05, 0.1) is 4.92 Å². The standard InChI is InChI=1S/C17H14I3NO4/c1-3-9-14(18)10(4-2)16(20)13(15(9)19)8-5-6-11(17(22)23)12(7-8)21(24)25/h5-7H,3-4H2,1-2H3,(H,22,23). The maximum atomic E-state index is 11.3. The lowest BCUT2D eigenvalue weighted by Gasteiger charge is -2.18. The molecule has 0 radical (unpaired) electrons. The van der Waals surface area contributed by atoms with Crippen LogP contribution in [-0.2, 0) is 12.8 Å². The van der Waals surface area contributed by atoms with Crippen LogP contribution in [0.2, 0.25) is 0 Å². The molecule has 0 aliphatic carbocycles. The molecule has 0 spiro atoms. The molecule has 1 N–H and O–H groups in total. The van der Waals surface area contributed by atoms with E-state index in [1.165, 1.54) is 26.8 Å². The molecule has 0 heterocycles. The second-order valence-electron chi connectivity index (χ2n) is 5.28. The average Bonchev–Trinajstić information content (AvgIpc) is 2.55. The van der Waals surface area contributed by atoms with Crippen LogP contribution in [-0.4, -0.2) is 16.0 Å². The number of benzene rings is 2. The minimum Gasteiger partial charge on any atom is -0.477 e. The first-order valence-electron chi connectivity index (χ1n) is 7.44. The van der Waals surface area contributed by atoms with E-state index in [0.717, 1.165) is 25.5 Å². The van der Waals surface area contributed by atoms with Gasteiger partial charge in [-0.05, 0) is 103 Å². The fourth-order valence-electron chi connectivity index (χ4n) is 2.67. The Morgan fingerprint density at radius 1 is 1.08 bits per heavy atom. The van der Waals surface area contributed by atoms with Crippen LogP contribution in [0.1, 0.15) is 35.3 Å². The molecule has 0 atom stereocenters. The Morgan fingerprint density at radius 3 is 2.00 bits per heavy atom. The Morgan fingerprint density at radius 2 is 1.60 bits per heavy atom. The Hall–Kier alpha value is -0.500. The monoisotopic (exact) mass is 677 g/mol. The molecule has 5 nitrogen and oxygen atoms in total. The maximum absolute atomic E-state index is 11.3. The van der Waals surface area contributed by atoms with Crippen molar-refractivity contribution in [3.63, 3.8) is 0 Å². The Kier molecular flexibility index (Phi) is 7.04. The van der Waals surface area contributed by atoms with Crippen molar-refractivity contribution in [3.05, 3.63) is 55.7 Å². The van der Waals surface area contributed by atoms with Gasteiger partial charge < -0.3 is 5.11 Å². The number of carboxylic acid groups (broad SMARTS) is 1. The zero-order valence-corrected chi connectivity index (χ0v) is 19.9. The summed E-state index contributed by atoms with van der Waals surface area (Å²) in [5.74, 6) is -1.30. The predicted molar refractivity (Wildman–Crippen MR) is 122 cm³/mol. The largest absolute Gasteiger partial charge is 0.477 e. The van der Waals surface area contributed by atoms with E-state index >= 15 is 0 Å². The van der Waals surface area contributed by atoms with Crippen LogP contribution in [0.4, 0.5) is 5.69 Å².